The van der Waals surface area contributed by atoms with E-state index in [0.29, 0.717) is 17.2 Å². The summed E-state index contributed by atoms with van der Waals surface area (Å²) in [5, 5.41) is 7.19. The third-order valence-electron chi connectivity index (χ3n) is 4.03. The molecule has 1 saturated heterocycles. The number of benzene rings is 1. The van der Waals surface area contributed by atoms with Gasteiger partial charge in [-0.2, -0.15) is 5.10 Å². The lowest BCUT2D eigenvalue weighted by Gasteiger charge is -2.21. The molecule has 1 N–H and O–H groups in total. The molecule has 1 amide bonds. The maximum Gasteiger partial charge on any atom is 0.255 e. The molecule has 2 heterocycles. The molecule has 1 aromatic heterocycles. The highest BCUT2D eigenvalue weighted by molar-refractivity contribution is 6.04. The zero-order valence-electron chi connectivity index (χ0n) is 13.2. The third kappa shape index (κ3) is 4.10. The molecule has 3 rings (SSSR count). The summed E-state index contributed by atoms with van der Waals surface area (Å²) in [6, 6.07) is 7.01. The summed E-state index contributed by atoms with van der Waals surface area (Å²) in [5.41, 5.74) is 1.29. The second-order valence-electron chi connectivity index (χ2n) is 5.69. The Hall–Kier alpha value is -2.34. The van der Waals surface area contributed by atoms with Crippen molar-refractivity contribution < 1.29 is 14.3 Å². The Morgan fingerprint density at radius 1 is 1.35 bits per heavy atom. The Labute approximate surface area is 135 Å². The summed E-state index contributed by atoms with van der Waals surface area (Å²) in [6.07, 6.45) is 5.68. The average molecular weight is 315 g/mol. The number of nitrogens with one attached hydrogen (secondary N) is 1. The van der Waals surface area contributed by atoms with Gasteiger partial charge >= 0.3 is 0 Å². The Bertz CT molecular complexity index is 645. The van der Waals surface area contributed by atoms with Crippen LogP contribution in [0.25, 0.3) is 0 Å². The van der Waals surface area contributed by atoms with E-state index in [4.69, 9.17) is 9.47 Å². The molecule has 2 aromatic rings. The van der Waals surface area contributed by atoms with Gasteiger partial charge in [-0.3, -0.25) is 9.48 Å². The van der Waals surface area contributed by atoms with Crippen molar-refractivity contribution in [2.24, 2.45) is 5.92 Å². The second kappa shape index (κ2) is 7.28. The zero-order valence-corrected chi connectivity index (χ0v) is 13.2. The van der Waals surface area contributed by atoms with E-state index >= 15 is 0 Å². The van der Waals surface area contributed by atoms with Crippen molar-refractivity contribution in [2.75, 3.05) is 25.6 Å². The topological polar surface area (TPSA) is 65.4 Å². The number of carbonyl (C=O) groups is 1. The van der Waals surface area contributed by atoms with Crippen molar-refractivity contribution in [1.82, 2.24) is 9.78 Å². The van der Waals surface area contributed by atoms with Crippen molar-refractivity contribution in [3.05, 3.63) is 42.2 Å². The van der Waals surface area contributed by atoms with Crippen LogP contribution in [-0.4, -0.2) is 36.0 Å². The Balaban J connectivity index is 1.58. The van der Waals surface area contributed by atoms with Crippen LogP contribution >= 0.6 is 0 Å². The van der Waals surface area contributed by atoms with Crippen LogP contribution in [0.1, 0.15) is 23.2 Å². The van der Waals surface area contributed by atoms with Crippen molar-refractivity contribution in [3.63, 3.8) is 0 Å². The van der Waals surface area contributed by atoms with Gasteiger partial charge in [0.15, 0.2) is 0 Å². The number of carbonyl (C=O) groups excluding carboxylic acids is 1. The van der Waals surface area contributed by atoms with Crippen LogP contribution in [0, 0.1) is 5.92 Å². The van der Waals surface area contributed by atoms with Crippen molar-refractivity contribution in [1.29, 1.82) is 0 Å². The standard InChI is InChI=1S/C17H21N3O3/c1-22-16-4-2-14(3-5-16)17(21)19-15-10-18-20(12-15)11-13-6-8-23-9-7-13/h2-5,10,12-13H,6-9,11H2,1H3,(H,19,21). The summed E-state index contributed by atoms with van der Waals surface area (Å²) in [7, 11) is 1.60. The number of methoxy groups -OCH3 is 1. The lowest BCUT2D eigenvalue weighted by Crippen LogP contribution is -2.20. The third-order valence-corrected chi connectivity index (χ3v) is 4.03. The average Bonchev–Trinajstić information content (AvgIpc) is 3.02. The van der Waals surface area contributed by atoms with Gasteiger partial charge in [0.05, 0.1) is 19.0 Å². The number of rotatable bonds is 5. The first-order chi connectivity index (χ1) is 11.2. The van der Waals surface area contributed by atoms with Gasteiger partial charge in [-0.25, -0.2) is 0 Å². The van der Waals surface area contributed by atoms with Crippen LogP contribution in [0.2, 0.25) is 0 Å². The van der Waals surface area contributed by atoms with Crippen molar-refractivity contribution in [2.45, 2.75) is 19.4 Å². The molecule has 122 valence electrons. The van der Waals surface area contributed by atoms with Crippen LogP contribution in [0.15, 0.2) is 36.7 Å². The molecule has 6 heteroatoms. The van der Waals surface area contributed by atoms with Crippen molar-refractivity contribution >= 4 is 11.6 Å². The molecule has 0 spiro atoms. The lowest BCUT2D eigenvalue weighted by molar-refractivity contribution is 0.0601. The predicted octanol–water partition coefficient (Wildman–Crippen LogP) is 2.57. The number of hydrogen-bond donors (Lipinski definition) is 1. The van der Waals surface area contributed by atoms with Gasteiger partial charge in [0.2, 0.25) is 0 Å². The van der Waals surface area contributed by atoms with Crippen LogP contribution in [0.4, 0.5) is 5.69 Å². The number of aromatic nitrogens is 2. The van der Waals surface area contributed by atoms with Gasteiger partial charge in [0, 0.05) is 31.5 Å². The molecule has 0 radical (unpaired) electrons. The summed E-state index contributed by atoms with van der Waals surface area (Å²) in [5.74, 6) is 1.16. The molecule has 0 aliphatic carbocycles. The fourth-order valence-corrected chi connectivity index (χ4v) is 2.67. The van der Waals surface area contributed by atoms with Gasteiger partial charge in [-0.1, -0.05) is 0 Å². The van der Waals surface area contributed by atoms with E-state index in [1.807, 2.05) is 10.9 Å². The van der Waals surface area contributed by atoms with E-state index in [-0.39, 0.29) is 5.91 Å². The highest BCUT2D eigenvalue weighted by atomic mass is 16.5. The molecular formula is C17H21N3O3. The number of amides is 1. The monoisotopic (exact) mass is 315 g/mol. The van der Waals surface area contributed by atoms with Gasteiger partial charge in [-0.15, -0.1) is 0 Å². The summed E-state index contributed by atoms with van der Waals surface area (Å²) in [4.78, 5) is 12.2. The first-order valence-electron chi connectivity index (χ1n) is 7.80. The van der Waals surface area contributed by atoms with E-state index in [9.17, 15) is 4.79 Å². The van der Waals surface area contributed by atoms with Gasteiger partial charge < -0.3 is 14.8 Å². The molecule has 0 atom stereocenters. The molecule has 1 aromatic carbocycles. The minimum atomic E-state index is -0.154. The van der Waals surface area contributed by atoms with Crippen molar-refractivity contribution in [3.8, 4) is 5.75 Å². The van der Waals surface area contributed by atoms with Gasteiger partial charge in [0.25, 0.3) is 5.91 Å². The fraction of sp³-hybridized carbons (Fsp3) is 0.412. The molecular weight excluding hydrogens is 294 g/mol. The van der Waals surface area contributed by atoms with E-state index in [1.165, 1.54) is 0 Å². The maximum atomic E-state index is 12.2. The minimum Gasteiger partial charge on any atom is -0.497 e. The predicted molar refractivity (Wildman–Crippen MR) is 86.7 cm³/mol. The maximum absolute atomic E-state index is 12.2. The highest BCUT2D eigenvalue weighted by Gasteiger charge is 2.15. The molecule has 1 fully saturated rings. The summed E-state index contributed by atoms with van der Waals surface area (Å²) >= 11 is 0. The molecule has 0 bridgehead atoms. The van der Waals surface area contributed by atoms with E-state index < -0.39 is 0 Å². The van der Waals surface area contributed by atoms with Crippen LogP contribution in [-0.2, 0) is 11.3 Å². The first kappa shape index (κ1) is 15.6. The molecule has 0 unspecified atom stereocenters. The minimum absolute atomic E-state index is 0.154. The summed E-state index contributed by atoms with van der Waals surface area (Å²) < 4.78 is 12.3. The second-order valence-corrected chi connectivity index (χ2v) is 5.69. The fourth-order valence-electron chi connectivity index (χ4n) is 2.67. The van der Waals surface area contributed by atoms with Crippen LogP contribution in [0.3, 0.4) is 0 Å². The Kier molecular flexibility index (Phi) is 4.92. The quantitative estimate of drug-likeness (QED) is 0.921. The number of hydrogen-bond acceptors (Lipinski definition) is 4. The lowest BCUT2D eigenvalue weighted by atomic mass is 10.0. The Morgan fingerprint density at radius 2 is 2.09 bits per heavy atom. The highest BCUT2D eigenvalue weighted by Crippen LogP contribution is 2.18. The van der Waals surface area contributed by atoms with E-state index in [0.717, 1.165) is 38.3 Å². The SMILES string of the molecule is COc1ccc(C(=O)Nc2cnn(CC3CCOCC3)c2)cc1. The largest absolute Gasteiger partial charge is 0.497 e. The molecule has 1 aliphatic rings. The smallest absolute Gasteiger partial charge is 0.255 e. The molecule has 1 aliphatic heterocycles. The normalized spacial score (nSPS) is 15.3. The zero-order chi connectivity index (χ0) is 16.1. The van der Waals surface area contributed by atoms with E-state index in [2.05, 4.69) is 10.4 Å². The first-order valence-corrected chi connectivity index (χ1v) is 7.80. The molecule has 23 heavy (non-hydrogen) atoms. The molecule has 6 nitrogen and oxygen atoms in total. The van der Waals surface area contributed by atoms with Crippen LogP contribution < -0.4 is 10.1 Å². The van der Waals surface area contributed by atoms with Gasteiger partial charge in [0.1, 0.15) is 5.75 Å². The number of ether oxygens (including phenoxy) is 2. The number of anilines is 1. The summed E-state index contributed by atoms with van der Waals surface area (Å²) in [6.45, 7) is 2.52. The van der Waals surface area contributed by atoms with Gasteiger partial charge in [-0.05, 0) is 43.0 Å². The Morgan fingerprint density at radius 3 is 2.78 bits per heavy atom. The van der Waals surface area contributed by atoms with E-state index in [1.54, 1.807) is 37.6 Å². The number of nitrogens with zero attached hydrogens (tertiary/aromatic N) is 2. The van der Waals surface area contributed by atoms with Crippen LogP contribution in [0.5, 0.6) is 5.75 Å². The molecule has 0 saturated carbocycles.